The molecule has 1 aliphatic heterocycles. The summed E-state index contributed by atoms with van der Waals surface area (Å²) < 4.78 is 24.1. The number of hydrogen-bond acceptors (Lipinski definition) is 6. The molecule has 0 spiro atoms. The lowest BCUT2D eigenvalue weighted by Crippen LogP contribution is -2.40. The lowest BCUT2D eigenvalue weighted by Gasteiger charge is -2.29. The number of ether oxygens (including phenoxy) is 2. The van der Waals surface area contributed by atoms with Crippen LogP contribution < -0.4 is 0 Å². The van der Waals surface area contributed by atoms with E-state index in [4.69, 9.17) is 9.47 Å². The van der Waals surface area contributed by atoms with Crippen LogP contribution in [0.1, 0.15) is 78.6 Å². The third-order valence-electron chi connectivity index (χ3n) is 6.57. The van der Waals surface area contributed by atoms with Crippen molar-refractivity contribution in [1.82, 2.24) is 9.80 Å². The number of benzene rings is 1. The number of rotatable bonds is 8. The fraction of sp³-hybridized carbons (Fsp3) is 0.536. The van der Waals surface area contributed by atoms with E-state index in [0.717, 1.165) is 28.8 Å². The Kier molecular flexibility index (Phi) is 8.21. The SMILES string of the molecule is CCOC(=O)c1cc2c(s1)CCN(C(=O)CCCN(C(=O)OC(C)(C)C)[C@@H]1CC1c1ccc(F)cc1)C2. The molecule has 1 unspecified atom stereocenters. The van der Waals surface area contributed by atoms with E-state index in [1.54, 1.807) is 24.0 Å². The van der Waals surface area contributed by atoms with Crippen LogP contribution in [-0.2, 0) is 27.2 Å². The first kappa shape index (κ1) is 27.1. The fourth-order valence-corrected chi connectivity index (χ4v) is 5.77. The van der Waals surface area contributed by atoms with Crippen LogP contribution in [-0.4, -0.2) is 59.1 Å². The topological polar surface area (TPSA) is 76.2 Å². The molecule has 0 saturated heterocycles. The zero-order valence-electron chi connectivity index (χ0n) is 21.9. The van der Waals surface area contributed by atoms with Crippen molar-refractivity contribution >= 4 is 29.3 Å². The highest BCUT2D eigenvalue weighted by atomic mass is 32.1. The van der Waals surface area contributed by atoms with Crippen molar-refractivity contribution in [3.63, 3.8) is 0 Å². The average molecular weight is 531 g/mol. The molecule has 0 N–H and O–H groups in total. The maximum atomic E-state index is 13.3. The third-order valence-corrected chi connectivity index (χ3v) is 7.79. The number of hydrogen-bond donors (Lipinski definition) is 0. The number of carbonyl (C=O) groups is 3. The molecule has 1 saturated carbocycles. The van der Waals surface area contributed by atoms with Gasteiger partial charge in [0.15, 0.2) is 0 Å². The van der Waals surface area contributed by atoms with Gasteiger partial charge in [-0.15, -0.1) is 11.3 Å². The van der Waals surface area contributed by atoms with Gasteiger partial charge in [0, 0.05) is 42.9 Å². The van der Waals surface area contributed by atoms with Crippen molar-refractivity contribution in [1.29, 1.82) is 0 Å². The smallest absolute Gasteiger partial charge is 0.410 e. The van der Waals surface area contributed by atoms with Gasteiger partial charge < -0.3 is 19.3 Å². The second-order valence-electron chi connectivity index (χ2n) is 10.6. The molecule has 2 atom stereocenters. The molecular formula is C28H35FN2O5S. The first-order chi connectivity index (χ1) is 17.6. The number of thiophene rings is 1. The molecule has 1 aliphatic carbocycles. The molecule has 9 heteroatoms. The highest BCUT2D eigenvalue weighted by Gasteiger charge is 2.45. The number of fused-ring (bicyclic) bond motifs is 1. The quantitative estimate of drug-likeness (QED) is 0.420. The number of amides is 2. The van der Waals surface area contributed by atoms with Gasteiger partial charge in [-0.05, 0) is 76.3 Å². The molecule has 2 amide bonds. The van der Waals surface area contributed by atoms with E-state index in [2.05, 4.69) is 0 Å². The third kappa shape index (κ3) is 6.89. The van der Waals surface area contributed by atoms with Gasteiger partial charge in [0.1, 0.15) is 16.3 Å². The van der Waals surface area contributed by atoms with Gasteiger partial charge in [-0.1, -0.05) is 12.1 Å². The van der Waals surface area contributed by atoms with Crippen molar-refractivity contribution < 1.29 is 28.2 Å². The minimum Gasteiger partial charge on any atom is -0.462 e. The van der Waals surface area contributed by atoms with Gasteiger partial charge in [-0.3, -0.25) is 4.79 Å². The van der Waals surface area contributed by atoms with Crippen LogP contribution in [0.3, 0.4) is 0 Å². The predicted octanol–water partition coefficient (Wildman–Crippen LogP) is 5.52. The summed E-state index contributed by atoms with van der Waals surface area (Å²) in [5.41, 5.74) is 1.38. The molecule has 2 heterocycles. The summed E-state index contributed by atoms with van der Waals surface area (Å²) in [6, 6.07) is 8.21. The minimum atomic E-state index is -0.625. The molecule has 2 aliphatic rings. The van der Waals surface area contributed by atoms with Crippen LogP contribution in [0.4, 0.5) is 9.18 Å². The molecule has 1 aromatic carbocycles. The van der Waals surface area contributed by atoms with Crippen LogP contribution in [0.25, 0.3) is 0 Å². The van der Waals surface area contributed by atoms with E-state index in [9.17, 15) is 18.8 Å². The molecular weight excluding hydrogens is 495 g/mol. The van der Waals surface area contributed by atoms with Crippen LogP contribution in [0.5, 0.6) is 0 Å². The van der Waals surface area contributed by atoms with Crippen molar-refractivity contribution in [3.8, 4) is 0 Å². The minimum absolute atomic E-state index is 0.0277. The largest absolute Gasteiger partial charge is 0.462 e. The van der Waals surface area contributed by atoms with Crippen LogP contribution in [0.2, 0.25) is 0 Å². The summed E-state index contributed by atoms with van der Waals surface area (Å²) in [5, 5.41) is 0. The first-order valence-electron chi connectivity index (χ1n) is 12.9. The van der Waals surface area contributed by atoms with Gasteiger partial charge in [-0.25, -0.2) is 14.0 Å². The number of nitrogens with zero attached hydrogens (tertiary/aromatic N) is 2. The molecule has 1 aromatic heterocycles. The molecule has 7 nitrogen and oxygen atoms in total. The fourth-order valence-electron chi connectivity index (χ4n) is 4.71. The normalized spacial score (nSPS) is 18.7. The molecule has 37 heavy (non-hydrogen) atoms. The Morgan fingerprint density at radius 3 is 2.59 bits per heavy atom. The van der Waals surface area contributed by atoms with Gasteiger partial charge in [0.05, 0.1) is 6.61 Å². The van der Waals surface area contributed by atoms with Crippen molar-refractivity contribution in [3.05, 3.63) is 57.0 Å². The molecule has 0 radical (unpaired) electrons. The van der Waals surface area contributed by atoms with E-state index in [1.165, 1.54) is 23.5 Å². The van der Waals surface area contributed by atoms with Crippen LogP contribution >= 0.6 is 11.3 Å². The van der Waals surface area contributed by atoms with Crippen molar-refractivity contribution in [2.45, 2.75) is 77.5 Å². The van der Waals surface area contributed by atoms with Gasteiger partial charge in [0.25, 0.3) is 0 Å². The summed E-state index contributed by atoms with van der Waals surface area (Å²) in [7, 11) is 0. The standard InChI is InChI=1S/C28H35FN2O5S/c1-5-35-26(33)24-15-19-17-30(14-12-23(19)37-24)25(32)7-6-13-31(27(34)36-28(2,3)4)22-16-21(22)18-8-10-20(29)11-9-18/h8-11,15,21-22H,5-7,12-14,16-17H2,1-4H3/t21?,22-/m1/s1. The molecule has 2 aromatic rings. The van der Waals surface area contributed by atoms with E-state index in [-0.39, 0.29) is 35.7 Å². The number of carbonyl (C=O) groups excluding carboxylic acids is 3. The lowest BCUT2D eigenvalue weighted by molar-refractivity contribution is -0.132. The Hall–Kier alpha value is -2.94. The van der Waals surface area contributed by atoms with Gasteiger partial charge >= 0.3 is 12.1 Å². The van der Waals surface area contributed by atoms with Crippen molar-refractivity contribution in [2.75, 3.05) is 19.7 Å². The lowest BCUT2D eigenvalue weighted by atomic mass is 10.1. The van der Waals surface area contributed by atoms with E-state index in [0.29, 0.717) is 44.0 Å². The first-order valence-corrected chi connectivity index (χ1v) is 13.7. The number of halogens is 1. The second kappa shape index (κ2) is 11.2. The van der Waals surface area contributed by atoms with Gasteiger partial charge in [0.2, 0.25) is 5.91 Å². The maximum Gasteiger partial charge on any atom is 0.410 e. The summed E-state index contributed by atoms with van der Waals surface area (Å²) in [6.45, 7) is 9.11. The Labute approximate surface area is 221 Å². The Bertz CT molecular complexity index is 1140. The molecule has 4 rings (SSSR count). The van der Waals surface area contributed by atoms with E-state index < -0.39 is 5.60 Å². The van der Waals surface area contributed by atoms with Crippen LogP contribution in [0, 0.1) is 5.82 Å². The highest BCUT2D eigenvalue weighted by Crippen LogP contribution is 2.45. The number of esters is 1. The zero-order valence-corrected chi connectivity index (χ0v) is 22.7. The molecule has 1 fully saturated rings. The highest BCUT2D eigenvalue weighted by molar-refractivity contribution is 7.14. The average Bonchev–Trinajstić information content (AvgIpc) is 3.49. The summed E-state index contributed by atoms with van der Waals surface area (Å²) >= 11 is 1.44. The van der Waals surface area contributed by atoms with Crippen LogP contribution in [0.15, 0.2) is 30.3 Å². The summed E-state index contributed by atoms with van der Waals surface area (Å²) in [4.78, 5) is 43.3. The summed E-state index contributed by atoms with van der Waals surface area (Å²) in [5.74, 6) is -0.435. The Morgan fingerprint density at radius 1 is 1.19 bits per heavy atom. The summed E-state index contributed by atoms with van der Waals surface area (Å²) in [6.07, 6.45) is 1.95. The van der Waals surface area contributed by atoms with Crippen molar-refractivity contribution in [2.24, 2.45) is 0 Å². The Balaban J connectivity index is 1.34. The monoisotopic (exact) mass is 530 g/mol. The molecule has 0 bridgehead atoms. The van der Waals surface area contributed by atoms with E-state index >= 15 is 0 Å². The zero-order chi connectivity index (χ0) is 26.7. The maximum absolute atomic E-state index is 13.3. The Morgan fingerprint density at radius 2 is 1.92 bits per heavy atom. The second-order valence-corrected chi connectivity index (χ2v) is 11.7. The molecule has 200 valence electrons. The van der Waals surface area contributed by atoms with E-state index in [1.807, 2.05) is 31.7 Å². The van der Waals surface area contributed by atoms with Gasteiger partial charge in [-0.2, -0.15) is 0 Å². The predicted molar refractivity (Wildman–Crippen MR) is 139 cm³/mol.